The number of hydrogen-bond donors (Lipinski definition) is 1. The molecule has 2 aromatic heterocycles. The van der Waals surface area contributed by atoms with Crippen LogP contribution in [0.25, 0.3) is 0 Å². The van der Waals surface area contributed by atoms with Crippen molar-refractivity contribution in [1.82, 2.24) is 19.9 Å². The number of nitrogens with one attached hydrogen (secondary N) is 1. The molecule has 1 aliphatic heterocycles. The molecule has 1 saturated carbocycles. The van der Waals surface area contributed by atoms with Crippen molar-refractivity contribution in [3.63, 3.8) is 0 Å². The van der Waals surface area contributed by atoms with Gasteiger partial charge in [-0.1, -0.05) is 6.42 Å². The smallest absolute Gasteiger partial charge is 0.144 e. The number of nitrogens with zero attached hydrogens (tertiary/aromatic N) is 4. The summed E-state index contributed by atoms with van der Waals surface area (Å²) < 4.78 is 0. The summed E-state index contributed by atoms with van der Waals surface area (Å²) in [4.78, 5) is 15.5. The average Bonchev–Trinajstić information content (AvgIpc) is 3.23. The Morgan fingerprint density at radius 3 is 3.00 bits per heavy atom. The van der Waals surface area contributed by atoms with Crippen molar-refractivity contribution < 1.29 is 0 Å². The van der Waals surface area contributed by atoms with Gasteiger partial charge in [-0.2, -0.15) is 0 Å². The lowest BCUT2D eigenvalue weighted by atomic mass is 9.74. The summed E-state index contributed by atoms with van der Waals surface area (Å²) in [6, 6.07) is 0. The molecule has 0 unspecified atom stereocenters. The van der Waals surface area contributed by atoms with Gasteiger partial charge in [0.05, 0.1) is 12.7 Å². The number of likely N-dealkylation sites (tertiary alicyclic amines) is 1. The van der Waals surface area contributed by atoms with Gasteiger partial charge in [-0.3, -0.25) is 9.88 Å². The van der Waals surface area contributed by atoms with Gasteiger partial charge in [0.1, 0.15) is 10.8 Å². The number of anilines is 1. The molecule has 0 bridgehead atoms. The second-order valence-corrected chi connectivity index (χ2v) is 7.69. The molecule has 2 fully saturated rings. The van der Waals surface area contributed by atoms with Crippen LogP contribution in [0.5, 0.6) is 0 Å². The minimum absolute atomic E-state index is 0.747. The molecule has 3 heterocycles. The van der Waals surface area contributed by atoms with Crippen molar-refractivity contribution >= 4 is 17.2 Å². The molecule has 0 amide bonds. The molecule has 4 rings (SSSR count). The van der Waals surface area contributed by atoms with E-state index in [4.69, 9.17) is 0 Å². The summed E-state index contributed by atoms with van der Waals surface area (Å²) in [7, 11) is 0. The fraction of sp³-hybridized carbons (Fsp3) is 0.588. The number of fused-ring (bicyclic) bond motifs is 1. The molecule has 5 nitrogen and oxygen atoms in total. The lowest BCUT2D eigenvalue weighted by Gasteiger charge is -2.33. The fourth-order valence-electron chi connectivity index (χ4n) is 4.22. The zero-order valence-corrected chi connectivity index (χ0v) is 14.1. The first kappa shape index (κ1) is 15.0. The highest BCUT2D eigenvalue weighted by molar-refractivity contribution is 7.09. The van der Waals surface area contributed by atoms with Gasteiger partial charge in [0.25, 0.3) is 0 Å². The molecule has 3 atom stereocenters. The second kappa shape index (κ2) is 6.93. The van der Waals surface area contributed by atoms with Crippen molar-refractivity contribution in [3.05, 3.63) is 35.2 Å². The van der Waals surface area contributed by atoms with E-state index in [0.29, 0.717) is 0 Å². The Morgan fingerprint density at radius 1 is 1.17 bits per heavy atom. The topological polar surface area (TPSA) is 53.9 Å². The Bertz CT molecular complexity index is 603. The van der Waals surface area contributed by atoms with E-state index in [0.717, 1.165) is 36.7 Å². The van der Waals surface area contributed by atoms with E-state index >= 15 is 0 Å². The Morgan fingerprint density at radius 2 is 2.17 bits per heavy atom. The van der Waals surface area contributed by atoms with Crippen LogP contribution in [-0.4, -0.2) is 39.5 Å². The fourth-order valence-corrected chi connectivity index (χ4v) is 4.87. The van der Waals surface area contributed by atoms with E-state index in [9.17, 15) is 0 Å². The summed E-state index contributed by atoms with van der Waals surface area (Å²) in [5.74, 6) is 3.31. The van der Waals surface area contributed by atoms with E-state index in [1.54, 1.807) is 23.7 Å². The van der Waals surface area contributed by atoms with E-state index in [1.807, 2.05) is 12.4 Å². The maximum atomic E-state index is 4.44. The Kier molecular flexibility index (Phi) is 4.52. The molecule has 1 N–H and O–H groups in total. The quantitative estimate of drug-likeness (QED) is 0.914. The van der Waals surface area contributed by atoms with Gasteiger partial charge < -0.3 is 5.32 Å². The summed E-state index contributed by atoms with van der Waals surface area (Å²) in [5.41, 5.74) is 0. The molecule has 122 valence electrons. The number of aromatic nitrogens is 3. The molecule has 2 aromatic rings. The Labute approximate surface area is 141 Å². The van der Waals surface area contributed by atoms with E-state index < -0.39 is 0 Å². The molecular formula is C17H23N5S. The highest BCUT2D eigenvalue weighted by Gasteiger charge is 2.39. The van der Waals surface area contributed by atoms with E-state index in [1.165, 1.54) is 37.4 Å². The molecule has 6 heteroatoms. The maximum Gasteiger partial charge on any atom is 0.144 e. The summed E-state index contributed by atoms with van der Waals surface area (Å²) in [6.45, 7) is 4.50. The van der Waals surface area contributed by atoms with Crippen LogP contribution in [0, 0.1) is 17.8 Å². The largest absolute Gasteiger partial charge is 0.369 e. The number of hydrogen-bond acceptors (Lipinski definition) is 6. The van der Waals surface area contributed by atoms with Crippen LogP contribution < -0.4 is 5.32 Å². The van der Waals surface area contributed by atoms with Gasteiger partial charge in [0, 0.05) is 43.6 Å². The van der Waals surface area contributed by atoms with Crippen molar-refractivity contribution in [2.75, 3.05) is 25.0 Å². The van der Waals surface area contributed by atoms with Crippen LogP contribution in [-0.2, 0) is 6.54 Å². The predicted molar refractivity (Wildman–Crippen MR) is 92.2 cm³/mol. The highest BCUT2D eigenvalue weighted by atomic mass is 32.1. The van der Waals surface area contributed by atoms with Gasteiger partial charge in [0.15, 0.2) is 0 Å². The minimum atomic E-state index is 0.747. The average molecular weight is 329 g/mol. The zero-order valence-electron chi connectivity index (χ0n) is 13.3. The maximum absolute atomic E-state index is 4.44. The Hall–Kier alpha value is -1.53. The van der Waals surface area contributed by atoms with E-state index in [2.05, 4.69) is 30.5 Å². The summed E-state index contributed by atoms with van der Waals surface area (Å²) in [6.07, 6.45) is 11.3. The first-order valence-electron chi connectivity index (χ1n) is 8.49. The third-order valence-corrected chi connectivity index (χ3v) is 6.04. The minimum Gasteiger partial charge on any atom is -0.369 e. The Balaban J connectivity index is 1.35. The molecule has 23 heavy (non-hydrogen) atoms. The van der Waals surface area contributed by atoms with Crippen molar-refractivity contribution in [2.24, 2.45) is 17.8 Å². The van der Waals surface area contributed by atoms with Crippen LogP contribution in [0.2, 0.25) is 0 Å². The van der Waals surface area contributed by atoms with Crippen LogP contribution in [0.15, 0.2) is 30.2 Å². The molecule has 0 radical (unpaired) electrons. The van der Waals surface area contributed by atoms with Gasteiger partial charge in [0.2, 0.25) is 0 Å². The molecule has 1 saturated heterocycles. The van der Waals surface area contributed by atoms with Crippen LogP contribution in [0.3, 0.4) is 0 Å². The highest BCUT2D eigenvalue weighted by Crippen LogP contribution is 2.40. The third-order valence-electron chi connectivity index (χ3n) is 5.27. The molecular weight excluding hydrogens is 306 g/mol. The molecule has 0 spiro atoms. The van der Waals surface area contributed by atoms with Crippen molar-refractivity contribution in [3.8, 4) is 0 Å². The zero-order chi connectivity index (χ0) is 15.5. The van der Waals surface area contributed by atoms with Crippen LogP contribution in [0.4, 0.5) is 5.82 Å². The molecule has 1 aliphatic carbocycles. The second-order valence-electron chi connectivity index (χ2n) is 6.71. The van der Waals surface area contributed by atoms with E-state index in [-0.39, 0.29) is 0 Å². The first-order chi connectivity index (χ1) is 11.4. The first-order valence-corrected chi connectivity index (χ1v) is 9.37. The monoisotopic (exact) mass is 329 g/mol. The molecule has 2 aliphatic rings. The SMILES string of the molecule is c1cnc(NC[C@@H]2CCC[C@@H]3CN(Cc4nccs4)C[C@@H]32)cn1. The summed E-state index contributed by atoms with van der Waals surface area (Å²) in [5, 5.41) is 6.81. The standard InChI is InChI=1S/C17H23N5S/c1-2-13(8-21-16-9-18-4-5-19-16)15-11-22(10-14(15)3-1)12-17-20-6-7-23-17/h4-7,9,13-15H,1-3,8,10-12H2,(H,19,21)/t13-,14+,15+/m0/s1. The lowest BCUT2D eigenvalue weighted by Crippen LogP contribution is -2.32. The number of thiazole rings is 1. The van der Waals surface area contributed by atoms with Gasteiger partial charge >= 0.3 is 0 Å². The van der Waals surface area contributed by atoms with Gasteiger partial charge in [-0.25, -0.2) is 9.97 Å². The van der Waals surface area contributed by atoms with Gasteiger partial charge in [-0.05, 0) is 30.6 Å². The molecule has 0 aromatic carbocycles. The van der Waals surface area contributed by atoms with Crippen molar-refractivity contribution in [1.29, 1.82) is 0 Å². The van der Waals surface area contributed by atoms with Crippen molar-refractivity contribution in [2.45, 2.75) is 25.8 Å². The number of rotatable bonds is 5. The normalized spacial score (nSPS) is 27.7. The van der Waals surface area contributed by atoms with Crippen LogP contribution in [0.1, 0.15) is 24.3 Å². The lowest BCUT2D eigenvalue weighted by molar-refractivity contribution is 0.207. The summed E-state index contributed by atoms with van der Waals surface area (Å²) >= 11 is 1.77. The third kappa shape index (κ3) is 3.53. The van der Waals surface area contributed by atoms with Gasteiger partial charge in [-0.15, -0.1) is 11.3 Å². The predicted octanol–water partition coefficient (Wildman–Crippen LogP) is 2.89. The van der Waals surface area contributed by atoms with Crippen LogP contribution >= 0.6 is 11.3 Å².